The largest absolute Gasteiger partial charge is 0.490 e. The van der Waals surface area contributed by atoms with Crippen molar-refractivity contribution in [3.63, 3.8) is 0 Å². The lowest BCUT2D eigenvalue weighted by molar-refractivity contribution is -0.192. The smallest absolute Gasteiger partial charge is 0.475 e. The molecule has 25 heavy (non-hydrogen) atoms. The van der Waals surface area contributed by atoms with E-state index < -0.39 is 12.1 Å². The van der Waals surface area contributed by atoms with Gasteiger partial charge in [0.1, 0.15) is 0 Å². The molecule has 1 saturated carbocycles. The molecule has 0 aromatic carbocycles. The third-order valence-electron chi connectivity index (χ3n) is 4.70. The maximum absolute atomic E-state index is 11.9. The van der Waals surface area contributed by atoms with Crippen molar-refractivity contribution in [2.75, 3.05) is 13.1 Å². The Bertz CT molecular complexity index is 598. The van der Waals surface area contributed by atoms with Crippen molar-refractivity contribution < 1.29 is 27.9 Å². The highest BCUT2D eigenvalue weighted by Gasteiger charge is 2.57. The van der Waals surface area contributed by atoms with Gasteiger partial charge in [0.15, 0.2) is 0 Å². The number of piperidine rings is 1. The van der Waals surface area contributed by atoms with Gasteiger partial charge in [-0.05, 0) is 60.2 Å². The Hall–Kier alpha value is -1.61. The van der Waals surface area contributed by atoms with Gasteiger partial charge in [0.2, 0.25) is 5.91 Å². The molecule has 1 aromatic heterocycles. The summed E-state index contributed by atoms with van der Waals surface area (Å²) in [6.45, 7) is 4.72. The lowest BCUT2D eigenvalue weighted by Crippen LogP contribution is -2.38. The fourth-order valence-corrected chi connectivity index (χ4v) is 3.91. The van der Waals surface area contributed by atoms with Crippen LogP contribution >= 0.6 is 11.3 Å². The minimum atomic E-state index is -5.08. The van der Waals surface area contributed by atoms with Gasteiger partial charge in [-0.2, -0.15) is 24.5 Å². The van der Waals surface area contributed by atoms with E-state index in [4.69, 9.17) is 9.90 Å². The zero-order chi connectivity index (χ0) is 18.7. The van der Waals surface area contributed by atoms with Crippen molar-refractivity contribution in [1.29, 1.82) is 0 Å². The van der Waals surface area contributed by atoms with E-state index in [2.05, 4.69) is 27.0 Å². The highest BCUT2D eigenvalue weighted by Crippen LogP contribution is 2.56. The summed E-state index contributed by atoms with van der Waals surface area (Å²) in [5.41, 5.74) is 1.71. The molecule has 9 heteroatoms. The average Bonchev–Trinajstić information content (AvgIpc) is 2.97. The predicted molar refractivity (Wildman–Crippen MR) is 87.2 cm³/mol. The summed E-state index contributed by atoms with van der Waals surface area (Å²) in [6.07, 6.45) is -1.42. The predicted octanol–water partition coefficient (Wildman–Crippen LogP) is 2.87. The molecule has 1 unspecified atom stereocenters. The molecule has 1 saturated heterocycles. The maximum atomic E-state index is 11.9. The molecule has 2 heterocycles. The molecule has 1 aliphatic heterocycles. The molecule has 1 spiro atoms. The Morgan fingerprint density at radius 3 is 2.44 bits per heavy atom. The van der Waals surface area contributed by atoms with Crippen LogP contribution in [-0.2, 0) is 16.1 Å². The lowest BCUT2D eigenvalue weighted by atomic mass is 9.93. The first-order chi connectivity index (χ1) is 11.7. The van der Waals surface area contributed by atoms with Gasteiger partial charge in [0, 0.05) is 19.5 Å². The molecule has 1 aromatic rings. The number of aliphatic carboxylic acids is 1. The average molecular weight is 378 g/mol. The molecular weight excluding hydrogens is 357 g/mol. The van der Waals surface area contributed by atoms with Crippen molar-refractivity contribution in [3.8, 4) is 0 Å². The third-order valence-corrected chi connectivity index (χ3v) is 5.43. The molecular formula is C16H21F3N2O3S. The highest BCUT2D eigenvalue weighted by atomic mass is 32.1. The topological polar surface area (TPSA) is 69.6 Å². The van der Waals surface area contributed by atoms with E-state index in [1.807, 2.05) is 0 Å². The Morgan fingerprint density at radius 2 is 2.00 bits per heavy atom. The van der Waals surface area contributed by atoms with E-state index in [0.717, 1.165) is 19.6 Å². The van der Waals surface area contributed by atoms with Crippen LogP contribution in [0.25, 0.3) is 0 Å². The summed E-state index contributed by atoms with van der Waals surface area (Å²) >= 11 is 1.70. The van der Waals surface area contributed by atoms with Gasteiger partial charge in [0.25, 0.3) is 0 Å². The Morgan fingerprint density at radius 1 is 1.40 bits per heavy atom. The molecule has 0 bridgehead atoms. The fourth-order valence-electron chi connectivity index (χ4n) is 3.25. The second-order valence-corrected chi connectivity index (χ2v) is 7.19. The number of carboxylic acid groups (broad SMARTS) is 1. The molecule has 3 rings (SSSR count). The number of nitrogens with zero attached hydrogens (tertiary/aromatic N) is 1. The standard InChI is InChI=1S/C14H20N2OS.C2HF3O2/c1-11(17)16(9-12-2-7-18-10-12)13-8-14(13)3-5-15-6-4-14;3-2(4,5)1(6)7/h2,7,10,13,15H,3-6,8-9H2,1H3;(H,6,7). The fraction of sp³-hybridized carbons (Fsp3) is 0.625. The number of carbonyl (C=O) groups excluding carboxylic acids is 1. The molecule has 0 radical (unpaired) electrons. The molecule has 1 atom stereocenters. The minimum absolute atomic E-state index is 0.224. The maximum Gasteiger partial charge on any atom is 0.490 e. The summed E-state index contributed by atoms with van der Waals surface area (Å²) in [5.74, 6) is -2.53. The van der Waals surface area contributed by atoms with Crippen molar-refractivity contribution in [3.05, 3.63) is 22.4 Å². The van der Waals surface area contributed by atoms with Gasteiger partial charge in [0.05, 0.1) is 0 Å². The van der Waals surface area contributed by atoms with Crippen LogP contribution in [-0.4, -0.2) is 47.2 Å². The Kier molecular flexibility index (Phi) is 6.10. The lowest BCUT2D eigenvalue weighted by Gasteiger charge is -2.28. The number of nitrogens with one attached hydrogen (secondary N) is 1. The molecule has 1 aliphatic carbocycles. The van der Waals surface area contributed by atoms with Crippen molar-refractivity contribution in [2.45, 2.75) is 44.9 Å². The van der Waals surface area contributed by atoms with E-state index in [0.29, 0.717) is 11.5 Å². The van der Waals surface area contributed by atoms with E-state index in [9.17, 15) is 18.0 Å². The first kappa shape index (κ1) is 19.7. The van der Waals surface area contributed by atoms with Gasteiger partial charge < -0.3 is 15.3 Å². The molecule has 2 fully saturated rings. The normalized spacial score (nSPS) is 21.2. The zero-order valence-electron chi connectivity index (χ0n) is 13.8. The van der Waals surface area contributed by atoms with Gasteiger partial charge in [-0.3, -0.25) is 4.79 Å². The summed E-state index contributed by atoms with van der Waals surface area (Å²) in [4.78, 5) is 22.9. The summed E-state index contributed by atoms with van der Waals surface area (Å²) in [7, 11) is 0. The first-order valence-electron chi connectivity index (χ1n) is 7.95. The molecule has 2 N–H and O–H groups in total. The first-order valence-corrected chi connectivity index (χ1v) is 8.89. The van der Waals surface area contributed by atoms with Crippen molar-refractivity contribution in [2.24, 2.45) is 5.41 Å². The molecule has 140 valence electrons. The van der Waals surface area contributed by atoms with Crippen LogP contribution in [0.5, 0.6) is 0 Å². The van der Waals surface area contributed by atoms with E-state index in [1.165, 1.54) is 24.8 Å². The van der Waals surface area contributed by atoms with Crippen LogP contribution in [0.1, 0.15) is 31.7 Å². The number of thiophene rings is 1. The van der Waals surface area contributed by atoms with E-state index >= 15 is 0 Å². The van der Waals surface area contributed by atoms with E-state index in [1.54, 1.807) is 18.3 Å². The van der Waals surface area contributed by atoms with Gasteiger partial charge in [-0.25, -0.2) is 4.79 Å². The Balaban J connectivity index is 0.000000277. The molecule has 2 aliphatic rings. The summed E-state index contributed by atoms with van der Waals surface area (Å²) in [5, 5.41) is 14.8. The van der Waals surface area contributed by atoms with Crippen molar-refractivity contribution >= 4 is 23.2 Å². The number of alkyl halides is 3. The van der Waals surface area contributed by atoms with Crippen LogP contribution in [0, 0.1) is 5.41 Å². The molecule has 1 amide bonds. The number of rotatable bonds is 3. The van der Waals surface area contributed by atoms with Crippen LogP contribution in [0.2, 0.25) is 0 Å². The SMILES string of the molecule is CC(=O)N(Cc1ccsc1)C1CC12CCNCC2.O=C(O)C(F)(F)F. The number of hydrogen-bond donors (Lipinski definition) is 2. The zero-order valence-corrected chi connectivity index (χ0v) is 14.6. The third kappa shape index (κ3) is 5.18. The number of amides is 1. The number of halogens is 3. The monoisotopic (exact) mass is 378 g/mol. The molecule has 5 nitrogen and oxygen atoms in total. The van der Waals surface area contributed by atoms with Crippen LogP contribution in [0.3, 0.4) is 0 Å². The van der Waals surface area contributed by atoms with Crippen LogP contribution < -0.4 is 5.32 Å². The Labute approximate surface area is 147 Å². The second-order valence-electron chi connectivity index (χ2n) is 6.41. The minimum Gasteiger partial charge on any atom is -0.475 e. The summed E-state index contributed by atoms with van der Waals surface area (Å²) in [6, 6.07) is 2.61. The highest BCUT2D eigenvalue weighted by molar-refractivity contribution is 7.07. The van der Waals surface area contributed by atoms with Crippen molar-refractivity contribution in [1.82, 2.24) is 10.2 Å². The quantitative estimate of drug-likeness (QED) is 0.849. The van der Waals surface area contributed by atoms with Gasteiger partial charge in [-0.15, -0.1) is 0 Å². The van der Waals surface area contributed by atoms with Gasteiger partial charge in [-0.1, -0.05) is 0 Å². The van der Waals surface area contributed by atoms with E-state index in [-0.39, 0.29) is 5.91 Å². The number of carbonyl (C=O) groups is 2. The number of carboxylic acids is 1. The van der Waals surface area contributed by atoms with Gasteiger partial charge >= 0.3 is 12.1 Å². The number of hydrogen-bond acceptors (Lipinski definition) is 4. The second kappa shape index (κ2) is 7.74. The van der Waals surface area contributed by atoms with Crippen LogP contribution in [0.4, 0.5) is 13.2 Å². The van der Waals surface area contributed by atoms with Crippen LogP contribution in [0.15, 0.2) is 16.8 Å². The summed E-state index contributed by atoms with van der Waals surface area (Å²) < 4.78 is 31.7.